The van der Waals surface area contributed by atoms with Crippen molar-refractivity contribution in [2.45, 2.75) is 20.0 Å². The minimum absolute atomic E-state index is 0.127. The molecule has 1 aliphatic rings. The average Bonchev–Trinajstić information content (AvgIpc) is 3.19. The van der Waals surface area contributed by atoms with Crippen molar-refractivity contribution in [3.8, 4) is 17.0 Å². The minimum atomic E-state index is -0.359. The molecule has 0 saturated carbocycles. The number of carbonyl (C=O) groups is 1. The van der Waals surface area contributed by atoms with Crippen LogP contribution in [0.15, 0.2) is 53.1 Å². The standard InChI is InChI=1S/C24H20FN3O4/c1-14-21-19(11-20(27-24(21)32-28-14)15-5-3-2-4-6-15)23(29)26-8-7-16-9-18(25)10-17-12-30-13-31-22(16)17/h2-6,9-11H,7-8,12-13H2,1H3,(H,26,29). The summed E-state index contributed by atoms with van der Waals surface area (Å²) in [5.74, 6) is -0.0162. The van der Waals surface area contributed by atoms with Crippen LogP contribution >= 0.6 is 0 Å². The first-order chi connectivity index (χ1) is 15.6. The van der Waals surface area contributed by atoms with Crippen molar-refractivity contribution < 1.29 is 23.2 Å². The number of carbonyl (C=O) groups excluding carboxylic acids is 1. The van der Waals surface area contributed by atoms with Gasteiger partial charge in [0, 0.05) is 17.7 Å². The monoisotopic (exact) mass is 433 g/mol. The summed E-state index contributed by atoms with van der Waals surface area (Å²) >= 11 is 0. The van der Waals surface area contributed by atoms with Crippen molar-refractivity contribution >= 4 is 17.0 Å². The van der Waals surface area contributed by atoms with E-state index < -0.39 is 0 Å². The molecule has 0 radical (unpaired) electrons. The van der Waals surface area contributed by atoms with Gasteiger partial charge >= 0.3 is 0 Å². The molecule has 2 aromatic carbocycles. The molecule has 162 valence electrons. The number of rotatable bonds is 5. The van der Waals surface area contributed by atoms with Gasteiger partial charge in [0.05, 0.1) is 28.9 Å². The van der Waals surface area contributed by atoms with E-state index in [-0.39, 0.29) is 18.5 Å². The zero-order valence-corrected chi connectivity index (χ0v) is 17.4. The third-order valence-corrected chi connectivity index (χ3v) is 5.36. The Balaban J connectivity index is 1.40. The van der Waals surface area contributed by atoms with E-state index in [2.05, 4.69) is 15.5 Å². The van der Waals surface area contributed by atoms with Gasteiger partial charge in [-0.1, -0.05) is 35.5 Å². The lowest BCUT2D eigenvalue weighted by molar-refractivity contribution is -0.0172. The van der Waals surface area contributed by atoms with E-state index in [0.29, 0.717) is 64.5 Å². The highest BCUT2D eigenvalue weighted by Gasteiger charge is 2.20. The second-order valence-corrected chi connectivity index (χ2v) is 7.54. The number of benzene rings is 2. The topological polar surface area (TPSA) is 86.5 Å². The lowest BCUT2D eigenvalue weighted by Crippen LogP contribution is -2.26. The number of hydrogen-bond acceptors (Lipinski definition) is 6. The van der Waals surface area contributed by atoms with Crippen LogP contribution < -0.4 is 10.1 Å². The quantitative estimate of drug-likeness (QED) is 0.508. The number of pyridine rings is 1. The lowest BCUT2D eigenvalue weighted by atomic mass is 10.0. The molecule has 5 rings (SSSR count). The number of ether oxygens (including phenoxy) is 2. The first-order valence-electron chi connectivity index (χ1n) is 10.2. The number of halogens is 1. The number of aromatic nitrogens is 2. The Hall–Kier alpha value is -3.78. The summed E-state index contributed by atoms with van der Waals surface area (Å²) in [6, 6.07) is 14.1. The molecular weight excluding hydrogens is 413 g/mol. The second kappa shape index (κ2) is 8.39. The Morgan fingerprint density at radius 2 is 2.03 bits per heavy atom. The van der Waals surface area contributed by atoms with E-state index in [1.807, 2.05) is 30.3 Å². The van der Waals surface area contributed by atoms with Gasteiger partial charge in [-0.3, -0.25) is 4.79 Å². The summed E-state index contributed by atoms with van der Waals surface area (Å²) in [4.78, 5) is 17.6. The molecule has 0 fully saturated rings. The Bertz CT molecular complexity index is 1300. The van der Waals surface area contributed by atoms with E-state index in [4.69, 9.17) is 14.0 Å². The maximum Gasteiger partial charge on any atom is 0.259 e. The minimum Gasteiger partial charge on any atom is -0.467 e. The van der Waals surface area contributed by atoms with E-state index in [1.54, 1.807) is 13.0 Å². The molecule has 1 N–H and O–H groups in total. The fraction of sp³-hybridized carbons (Fsp3) is 0.208. The highest BCUT2D eigenvalue weighted by molar-refractivity contribution is 6.07. The molecule has 2 aromatic heterocycles. The molecule has 0 atom stereocenters. The van der Waals surface area contributed by atoms with Crippen molar-refractivity contribution in [2.24, 2.45) is 0 Å². The molecule has 0 saturated heterocycles. The molecule has 0 spiro atoms. The first kappa shape index (κ1) is 20.1. The normalized spacial score (nSPS) is 12.9. The predicted molar refractivity (Wildman–Crippen MR) is 115 cm³/mol. The van der Waals surface area contributed by atoms with Gasteiger partial charge in [-0.15, -0.1) is 0 Å². The van der Waals surface area contributed by atoms with Crippen molar-refractivity contribution in [2.75, 3.05) is 13.3 Å². The Kier molecular flexibility index (Phi) is 5.28. The van der Waals surface area contributed by atoms with Crippen LogP contribution in [0.5, 0.6) is 5.75 Å². The number of nitrogens with one attached hydrogen (secondary N) is 1. The summed E-state index contributed by atoms with van der Waals surface area (Å²) in [5, 5.41) is 7.46. The van der Waals surface area contributed by atoms with Crippen LogP contribution in [0.2, 0.25) is 0 Å². The van der Waals surface area contributed by atoms with Crippen LogP contribution in [0.3, 0.4) is 0 Å². The van der Waals surface area contributed by atoms with E-state index >= 15 is 0 Å². The summed E-state index contributed by atoms with van der Waals surface area (Å²) in [6.07, 6.45) is 0.411. The molecule has 8 heteroatoms. The van der Waals surface area contributed by atoms with Gasteiger partial charge < -0.3 is 19.3 Å². The third kappa shape index (κ3) is 3.80. The van der Waals surface area contributed by atoms with Crippen molar-refractivity contribution in [1.29, 1.82) is 0 Å². The largest absolute Gasteiger partial charge is 0.467 e. The summed E-state index contributed by atoms with van der Waals surface area (Å²) in [5.41, 5.74) is 4.16. The maximum atomic E-state index is 14.0. The van der Waals surface area contributed by atoms with Crippen molar-refractivity contribution in [3.63, 3.8) is 0 Å². The highest BCUT2D eigenvalue weighted by atomic mass is 19.1. The highest BCUT2D eigenvalue weighted by Crippen LogP contribution is 2.30. The molecule has 4 aromatic rings. The van der Waals surface area contributed by atoms with Crippen molar-refractivity contribution in [1.82, 2.24) is 15.5 Å². The Labute approximate surface area is 183 Å². The van der Waals surface area contributed by atoms with E-state index in [1.165, 1.54) is 12.1 Å². The zero-order chi connectivity index (χ0) is 22.1. The fourth-order valence-electron chi connectivity index (χ4n) is 3.88. The molecule has 3 heterocycles. The summed E-state index contributed by atoms with van der Waals surface area (Å²) in [6.45, 7) is 2.50. The van der Waals surface area contributed by atoms with Gasteiger partial charge in [-0.05, 0) is 37.1 Å². The zero-order valence-electron chi connectivity index (χ0n) is 17.4. The summed E-state index contributed by atoms with van der Waals surface area (Å²) in [7, 11) is 0. The number of fused-ring (bicyclic) bond motifs is 2. The van der Waals surface area contributed by atoms with Crippen LogP contribution in [0, 0.1) is 12.7 Å². The Morgan fingerprint density at radius 1 is 1.19 bits per heavy atom. The number of nitrogens with zero attached hydrogens (tertiary/aromatic N) is 2. The van der Waals surface area contributed by atoms with Crippen LogP contribution in [0.4, 0.5) is 4.39 Å². The van der Waals surface area contributed by atoms with Crippen LogP contribution in [-0.2, 0) is 17.8 Å². The van der Waals surface area contributed by atoms with Gasteiger partial charge in [-0.25, -0.2) is 9.37 Å². The van der Waals surface area contributed by atoms with E-state index in [9.17, 15) is 9.18 Å². The van der Waals surface area contributed by atoms with Gasteiger partial charge in [-0.2, -0.15) is 0 Å². The SMILES string of the molecule is Cc1noc2nc(-c3ccccc3)cc(C(=O)NCCc3cc(F)cc4c3OCOC4)c12. The maximum absolute atomic E-state index is 14.0. The van der Waals surface area contributed by atoms with Gasteiger partial charge in [0.2, 0.25) is 0 Å². The Morgan fingerprint density at radius 3 is 2.88 bits per heavy atom. The van der Waals surface area contributed by atoms with Gasteiger partial charge in [0.15, 0.2) is 6.79 Å². The van der Waals surface area contributed by atoms with Crippen LogP contribution in [0.25, 0.3) is 22.4 Å². The van der Waals surface area contributed by atoms with Crippen LogP contribution in [-0.4, -0.2) is 29.4 Å². The molecule has 1 aliphatic heterocycles. The van der Waals surface area contributed by atoms with Gasteiger partial charge in [0.1, 0.15) is 11.6 Å². The van der Waals surface area contributed by atoms with E-state index in [0.717, 1.165) is 5.56 Å². The molecule has 7 nitrogen and oxygen atoms in total. The van der Waals surface area contributed by atoms with Crippen molar-refractivity contribution in [3.05, 3.63) is 76.7 Å². The number of aryl methyl sites for hydroxylation is 1. The molecular formula is C24H20FN3O4. The molecule has 0 aliphatic carbocycles. The predicted octanol–water partition coefficient (Wildman–Crippen LogP) is 4.18. The molecule has 0 bridgehead atoms. The third-order valence-electron chi connectivity index (χ3n) is 5.36. The number of hydrogen-bond donors (Lipinski definition) is 1. The lowest BCUT2D eigenvalue weighted by Gasteiger charge is -2.21. The van der Waals surface area contributed by atoms with Gasteiger partial charge in [0.25, 0.3) is 11.6 Å². The first-order valence-corrected chi connectivity index (χ1v) is 10.2. The average molecular weight is 433 g/mol. The fourth-order valence-corrected chi connectivity index (χ4v) is 3.88. The van der Waals surface area contributed by atoms with Crippen LogP contribution in [0.1, 0.15) is 27.2 Å². The molecule has 1 amide bonds. The smallest absolute Gasteiger partial charge is 0.259 e. The molecule has 32 heavy (non-hydrogen) atoms. The molecule has 0 unspecified atom stereocenters. The summed E-state index contributed by atoms with van der Waals surface area (Å²) < 4.78 is 30.1. The number of amides is 1. The second-order valence-electron chi connectivity index (χ2n) is 7.54.